The molecule has 0 spiro atoms. The smallest absolute Gasteiger partial charge is 0.335 e. The number of ether oxygens (including phenoxy) is 4. The molecule has 0 radical (unpaired) electrons. The molecule has 1 heterocycles. The fraction of sp³-hybridized carbons (Fsp3) is 0.0833. The van der Waals surface area contributed by atoms with Crippen LogP contribution in [0.1, 0.15) is 13.8 Å². The van der Waals surface area contributed by atoms with E-state index in [1.807, 2.05) is 135 Å². The fourth-order valence-electron chi connectivity index (χ4n) is 6.22. The van der Waals surface area contributed by atoms with Gasteiger partial charge in [-0.2, -0.15) is 0 Å². The number of carbonyl (C=O) groups excluding carboxylic acids is 2. The molecule has 0 aliphatic carbocycles. The molecule has 7 aromatic rings. The summed E-state index contributed by atoms with van der Waals surface area (Å²) in [5, 5.41) is 8.75. The van der Waals surface area contributed by atoms with Crippen LogP contribution in [0, 0.1) is 0 Å². The van der Waals surface area contributed by atoms with Crippen LogP contribution in [0.25, 0.3) is 22.9 Å². The molecule has 0 saturated heterocycles. The van der Waals surface area contributed by atoms with E-state index in [0.717, 1.165) is 68.9 Å². The number of carbonyl (C=O) groups is 2. The van der Waals surface area contributed by atoms with E-state index >= 15 is 0 Å². The van der Waals surface area contributed by atoms with Crippen molar-refractivity contribution in [3.63, 3.8) is 0 Å². The summed E-state index contributed by atoms with van der Waals surface area (Å²) in [7, 11) is 0. The van der Waals surface area contributed by atoms with Crippen molar-refractivity contribution in [3.05, 3.63) is 171 Å². The molecule has 0 aliphatic rings. The molecule has 0 saturated carbocycles. The lowest BCUT2D eigenvalue weighted by Crippen LogP contribution is -2.10. The number of hydrogen-bond donors (Lipinski definition) is 0. The van der Waals surface area contributed by atoms with Crippen molar-refractivity contribution in [2.45, 2.75) is 13.8 Å². The molecule has 11 heteroatoms. The van der Waals surface area contributed by atoms with Gasteiger partial charge in [-0.15, -0.1) is 10.2 Å². The van der Waals surface area contributed by atoms with Crippen LogP contribution >= 0.6 is 0 Å². The molecule has 7 rings (SSSR count). The second-order valence-electron chi connectivity index (χ2n) is 12.8. The normalized spacial score (nSPS) is 10.6. The van der Waals surface area contributed by atoms with Crippen LogP contribution in [-0.2, 0) is 9.59 Å². The highest BCUT2D eigenvalue weighted by atomic mass is 16.5. The molecular weight excluding hydrogens is 745 g/mol. The number of benzene rings is 6. The van der Waals surface area contributed by atoms with E-state index in [0.29, 0.717) is 36.5 Å². The maximum atomic E-state index is 11.8. The van der Waals surface area contributed by atoms with E-state index in [9.17, 15) is 9.59 Å². The first-order valence-electron chi connectivity index (χ1n) is 18.8. The number of esters is 2. The third-order valence-electron chi connectivity index (χ3n) is 8.94. The monoisotopic (exact) mass is 784 g/mol. The summed E-state index contributed by atoms with van der Waals surface area (Å²) in [5.41, 5.74) is 6.70. The van der Waals surface area contributed by atoms with Gasteiger partial charge in [0.1, 0.15) is 23.0 Å². The van der Waals surface area contributed by atoms with Gasteiger partial charge in [-0.1, -0.05) is 13.2 Å². The quantitative estimate of drug-likeness (QED) is 0.0529. The highest BCUT2D eigenvalue weighted by Crippen LogP contribution is 2.39. The van der Waals surface area contributed by atoms with Gasteiger partial charge in [0.2, 0.25) is 11.8 Å². The van der Waals surface area contributed by atoms with Crippen LogP contribution in [0.5, 0.6) is 23.0 Å². The van der Waals surface area contributed by atoms with Crippen molar-refractivity contribution in [1.82, 2.24) is 10.2 Å². The van der Waals surface area contributed by atoms with Gasteiger partial charge in [-0.05, 0) is 159 Å². The molecule has 294 valence electrons. The molecule has 11 nitrogen and oxygen atoms in total. The van der Waals surface area contributed by atoms with E-state index in [2.05, 4.69) is 33.2 Å². The van der Waals surface area contributed by atoms with Crippen LogP contribution < -0.4 is 28.7 Å². The summed E-state index contributed by atoms with van der Waals surface area (Å²) in [4.78, 5) is 27.7. The standard InChI is InChI=1S/C48H40N4O7/c1-5-45(53)57-43-29-21-39(22-30-43)51(37-17-25-41(26-18-37)55-7-3)35-13-9-33(10-14-35)47-49-50-48(59-47)34-11-15-36(16-12-34)52(38-19-27-42(28-20-38)56-8-4)40-23-31-44(32-24-40)58-46(54)6-2/h5-6,9-32H,1-2,7-8H2,3-4H3. The number of nitrogens with zero attached hydrogens (tertiary/aromatic N) is 4. The Morgan fingerprint density at radius 1 is 0.475 bits per heavy atom. The Balaban J connectivity index is 1.13. The molecule has 1 aromatic heterocycles. The molecule has 6 aromatic carbocycles. The van der Waals surface area contributed by atoms with Crippen LogP contribution in [0.2, 0.25) is 0 Å². The topological polar surface area (TPSA) is 116 Å². The SMILES string of the molecule is C=CC(=O)Oc1ccc(N(c2ccc(OCC)cc2)c2ccc(-c3nnc(-c4ccc(N(c5ccc(OCC)cc5)c5ccc(OC(=O)C=C)cc5)cc4)o3)cc2)cc1. The fourth-order valence-corrected chi connectivity index (χ4v) is 6.22. The Hall–Kier alpha value is -7.92. The predicted octanol–water partition coefficient (Wildman–Crippen LogP) is 11.3. The molecular formula is C48H40N4O7. The molecule has 0 unspecified atom stereocenters. The Kier molecular flexibility index (Phi) is 12.2. The van der Waals surface area contributed by atoms with Gasteiger partial charge in [0, 0.05) is 57.4 Å². The first-order valence-corrected chi connectivity index (χ1v) is 18.8. The lowest BCUT2D eigenvalue weighted by molar-refractivity contribution is -0.129. The van der Waals surface area contributed by atoms with Gasteiger partial charge in [0.05, 0.1) is 13.2 Å². The van der Waals surface area contributed by atoms with Crippen molar-refractivity contribution >= 4 is 46.1 Å². The summed E-state index contributed by atoms with van der Waals surface area (Å²) in [6, 6.07) is 45.7. The van der Waals surface area contributed by atoms with Gasteiger partial charge in [0.15, 0.2) is 0 Å². The van der Waals surface area contributed by atoms with E-state index in [4.69, 9.17) is 23.4 Å². The van der Waals surface area contributed by atoms with Crippen LogP contribution in [0.3, 0.4) is 0 Å². The second kappa shape index (κ2) is 18.4. The zero-order valence-electron chi connectivity index (χ0n) is 32.5. The van der Waals surface area contributed by atoms with Crippen molar-refractivity contribution in [1.29, 1.82) is 0 Å². The van der Waals surface area contributed by atoms with Gasteiger partial charge in [0.25, 0.3) is 0 Å². The highest BCUT2D eigenvalue weighted by molar-refractivity contribution is 5.85. The maximum absolute atomic E-state index is 11.8. The van der Waals surface area contributed by atoms with Gasteiger partial charge >= 0.3 is 11.9 Å². The van der Waals surface area contributed by atoms with Gasteiger partial charge in [-0.3, -0.25) is 0 Å². The molecule has 0 fully saturated rings. The second-order valence-corrected chi connectivity index (χ2v) is 12.8. The van der Waals surface area contributed by atoms with Crippen LogP contribution in [0.15, 0.2) is 175 Å². The summed E-state index contributed by atoms with van der Waals surface area (Å²) in [5.74, 6) is 2.03. The largest absolute Gasteiger partial charge is 0.494 e. The summed E-state index contributed by atoms with van der Waals surface area (Å²) in [6.45, 7) is 12.0. The van der Waals surface area contributed by atoms with Gasteiger partial charge < -0.3 is 33.2 Å². The molecule has 0 aliphatic heterocycles. The molecule has 0 amide bonds. The number of anilines is 6. The minimum absolute atomic E-state index is 0.366. The Labute approximate surface area is 342 Å². The Morgan fingerprint density at radius 2 is 0.746 bits per heavy atom. The minimum atomic E-state index is -0.529. The number of rotatable bonds is 16. The number of aromatic nitrogens is 2. The van der Waals surface area contributed by atoms with E-state index in [1.165, 1.54) is 0 Å². The van der Waals surface area contributed by atoms with E-state index < -0.39 is 11.9 Å². The molecule has 0 atom stereocenters. The molecule has 0 bridgehead atoms. The summed E-state index contributed by atoms with van der Waals surface area (Å²) < 4.78 is 28.1. The average Bonchev–Trinajstić information content (AvgIpc) is 3.77. The zero-order chi connectivity index (χ0) is 41.1. The van der Waals surface area contributed by atoms with Crippen molar-refractivity contribution < 1.29 is 33.0 Å². The first-order chi connectivity index (χ1) is 28.8. The van der Waals surface area contributed by atoms with E-state index in [1.54, 1.807) is 24.3 Å². The highest BCUT2D eigenvalue weighted by Gasteiger charge is 2.18. The average molecular weight is 785 g/mol. The van der Waals surface area contributed by atoms with Crippen LogP contribution in [-0.4, -0.2) is 35.3 Å². The minimum Gasteiger partial charge on any atom is -0.494 e. The molecule has 59 heavy (non-hydrogen) atoms. The zero-order valence-corrected chi connectivity index (χ0v) is 32.5. The molecule has 0 N–H and O–H groups in total. The first kappa shape index (κ1) is 39.3. The van der Waals surface area contributed by atoms with Gasteiger partial charge in [-0.25, -0.2) is 9.59 Å². The number of hydrogen-bond acceptors (Lipinski definition) is 11. The summed E-state index contributed by atoms with van der Waals surface area (Å²) >= 11 is 0. The third-order valence-corrected chi connectivity index (χ3v) is 8.94. The summed E-state index contributed by atoms with van der Waals surface area (Å²) in [6.07, 6.45) is 2.25. The lowest BCUT2D eigenvalue weighted by atomic mass is 10.1. The van der Waals surface area contributed by atoms with Crippen molar-refractivity contribution in [2.75, 3.05) is 23.0 Å². The van der Waals surface area contributed by atoms with Crippen LogP contribution in [0.4, 0.5) is 34.1 Å². The predicted molar refractivity (Wildman–Crippen MR) is 229 cm³/mol. The third kappa shape index (κ3) is 9.38. The Morgan fingerprint density at radius 3 is 1.02 bits per heavy atom. The lowest BCUT2D eigenvalue weighted by Gasteiger charge is -2.26. The van der Waals surface area contributed by atoms with Crippen molar-refractivity contribution in [3.8, 4) is 45.9 Å². The maximum Gasteiger partial charge on any atom is 0.335 e. The Bertz CT molecular complexity index is 2340. The van der Waals surface area contributed by atoms with Crippen molar-refractivity contribution in [2.24, 2.45) is 0 Å². The van der Waals surface area contributed by atoms with E-state index in [-0.39, 0.29) is 0 Å².